The van der Waals surface area contributed by atoms with Crippen LogP contribution in [0.1, 0.15) is 12.0 Å². The topological polar surface area (TPSA) is 122 Å². The fourth-order valence-electron chi connectivity index (χ4n) is 1.79. The number of likely N-dealkylation sites (N-methyl/N-ethyl adjacent to an activating group) is 1. The normalized spacial score (nSPS) is 13.0. The first-order valence-electron chi connectivity index (χ1n) is 6.47. The molecule has 7 nitrogen and oxygen atoms in total. The Morgan fingerprint density at radius 2 is 1.81 bits per heavy atom. The minimum Gasteiger partial charge on any atom is -0.481 e. The van der Waals surface area contributed by atoms with E-state index in [1.54, 1.807) is 0 Å². The van der Waals surface area contributed by atoms with Gasteiger partial charge in [-0.2, -0.15) is 0 Å². The summed E-state index contributed by atoms with van der Waals surface area (Å²) in [5.74, 6) is -2.20. The summed E-state index contributed by atoms with van der Waals surface area (Å²) in [6.45, 7) is 0. The van der Waals surface area contributed by atoms with Crippen LogP contribution in [0.3, 0.4) is 0 Å². The molecule has 0 saturated heterocycles. The Morgan fingerprint density at radius 1 is 1.19 bits per heavy atom. The van der Waals surface area contributed by atoms with Crippen molar-refractivity contribution in [1.29, 1.82) is 0 Å². The number of rotatable bonds is 7. The summed E-state index contributed by atoms with van der Waals surface area (Å²) >= 11 is 0. The minimum atomic E-state index is -1.19. The van der Waals surface area contributed by atoms with E-state index in [4.69, 9.17) is 10.8 Å². The number of carbonyl (C=O) groups excluding carboxylic acids is 2. The van der Waals surface area contributed by atoms with Crippen LogP contribution in [0, 0.1) is 0 Å². The van der Waals surface area contributed by atoms with E-state index in [9.17, 15) is 14.4 Å². The molecule has 0 radical (unpaired) electrons. The number of aliphatic carboxylic acids is 1. The first kappa shape index (κ1) is 16.6. The van der Waals surface area contributed by atoms with Crippen molar-refractivity contribution < 1.29 is 19.5 Å². The molecule has 0 fully saturated rings. The van der Waals surface area contributed by atoms with Gasteiger partial charge in [0.15, 0.2) is 0 Å². The van der Waals surface area contributed by atoms with Gasteiger partial charge in [-0.25, -0.2) is 0 Å². The van der Waals surface area contributed by atoms with Gasteiger partial charge in [-0.1, -0.05) is 30.3 Å². The maximum absolute atomic E-state index is 11.8. The molecule has 1 aromatic rings. The fraction of sp³-hybridized carbons (Fsp3) is 0.357. The molecule has 0 bridgehead atoms. The number of carboxylic acids is 1. The summed E-state index contributed by atoms with van der Waals surface area (Å²) in [4.78, 5) is 34.2. The van der Waals surface area contributed by atoms with Gasteiger partial charge >= 0.3 is 5.97 Å². The zero-order valence-corrected chi connectivity index (χ0v) is 11.7. The second kappa shape index (κ2) is 8.01. The standard InChI is InChI=1S/C14H19N3O4/c1-16-14(21)11(7-9-5-3-2-4-6-9)17-13(20)10(15)8-12(18)19/h2-6,10-11H,7-8,15H2,1H3,(H,16,21)(H,17,20)(H,18,19). The van der Waals surface area contributed by atoms with Crippen molar-refractivity contribution in [3.63, 3.8) is 0 Å². The van der Waals surface area contributed by atoms with Crippen molar-refractivity contribution in [3.8, 4) is 0 Å². The van der Waals surface area contributed by atoms with Crippen LogP contribution in [0.25, 0.3) is 0 Å². The first-order chi connectivity index (χ1) is 9.93. The first-order valence-corrected chi connectivity index (χ1v) is 6.47. The van der Waals surface area contributed by atoms with E-state index >= 15 is 0 Å². The molecule has 21 heavy (non-hydrogen) atoms. The van der Waals surface area contributed by atoms with Gasteiger partial charge in [-0.3, -0.25) is 14.4 Å². The van der Waals surface area contributed by atoms with Crippen LogP contribution in [-0.4, -0.2) is 42.0 Å². The van der Waals surface area contributed by atoms with E-state index < -0.39 is 30.4 Å². The van der Waals surface area contributed by atoms with Crippen molar-refractivity contribution in [1.82, 2.24) is 10.6 Å². The van der Waals surface area contributed by atoms with Crippen molar-refractivity contribution in [3.05, 3.63) is 35.9 Å². The second-order valence-corrected chi connectivity index (χ2v) is 4.57. The quantitative estimate of drug-likeness (QED) is 0.527. The Bertz CT molecular complexity index is 504. The van der Waals surface area contributed by atoms with Crippen molar-refractivity contribution in [2.75, 3.05) is 7.05 Å². The largest absolute Gasteiger partial charge is 0.481 e. The lowest BCUT2D eigenvalue weighted by molar-refractivity contribution is -0.139. The fourth-order valence-corrected chi connectivity index (χ4v) is 1.79. The van der Waals surface area contributed by atoms with Gasteiger partial charge < -0.3 is 21.5 Å². The molecule has 2 unspecified atom stereocenters. The molecule has 2 amide bonds. The van der Waals surface area contributed by atoms with Crippen molar-refractivity contribution in [2.24, 2.45) is 5.73 Å². The average Bonchev–Trinajstić information content (AvgIpc) is 2.46. The van der Waals surface area contributed by atoms with Gasteiger partial charge in [0.05, 0.1) is 12.5 Å². The molecule has 1 rings (SSSR count). The number of amides is 2. The number of nitrogens with two attached hydrogens (primary N) is 1. The molecule has 0 spiro atoms. The minimum absolute atomic E-state index is 0.298. The van der Waals surface area contributed by atoms with Gasteiger partial charge in [0.25, 0.3) is 0 Å². The molecule has 0 aliphatic carbocycles. The zero-order chi connectivity index (χ0) is 15.8. The molecule has 0 aliphatic rings. The van der Waals surface area contributed by atoms with Gasteiger partial charge in [-0.05, 0) is 5.56 Å². The lowest BCUT2D eigenvalue weighted by Crippen LogP contribution is -2.52. The average molecular weight is 293 g/mol. The summed E-state index contributed by atoms with van der Waals surface area (Å²) < 4.78 is 0. The zero-order valence-electron chi connectivity index (χ0n) is 11.7. The summed E-state index contributed by atoms with van der Waals surface area (Å²) in [6.07, 6.45) is -0.191. The van der Waals surface area contributed by atoms with Crippen LogP contribution >= 0.6 is 0 Å². The molecule has 0 aliphatic heterocycles. The predicted molar refractivity (Wildman–Crippen MR) is 76.4 cm³/mol. The number of nitrogens with one attached hydrogen (secondary N) is 2. The number of carboxylic acid groups (broad SMARTS) is 1. The number of hydrogen-bond acceptors (Lipinski definition) is 4. The molecule has 0 saturated carbocycles. The van der Waals surface area contributed by atoms with E-state index in [2.05, 4.69) is 10.6 Å². The molecule has 7 heteroatoms. The Kier molecular flexibility index (Phi) is 6.35. The lowest BCUT2D eigenvalue weighted by Gasteiger charge is -2.19. The van der Waals surface area contributed by atoms with Gasteiger partial charge in [0.1, 0.15) is 6.04 Å². The summed E-state index contributed by atoms with van der Waals surface area (Å²) in [5, 5.41) is 13.6. The summed E-state index contributed by atoms with van der Waals surface area (Å²) in [6, 6.07) is 7.18. The Balaban J connectivity index is 2.72. The molecule has 5 N–H and O–H groups in total. The highest BCUT2D eigenvalue weighted by molar-refractivity contribution is 5.91. The van der Waals surface area contributed by atoms with Crippen LogP contribution < -0.4 is 16.4 Å². The SMILES string of the molecule is CNC(=O)C(Cc1ccccc1)NC(=O)C(N)CC(=O)O. The lowest BCUT2D eigenvalue weighted by atomic mass is 10.0. The van der Waals surface area contributed by atoms with E-state index in [-0.39, 0.29) is 5.91 Å². The highest BCUT2D eigenvalue weighted by Gasteiger charge is 2.24. The van der Waals surface area contributed by atoms with E-state index in [0.717, 1.165) is 5.56 Å². The van der Waals surface area contributed by atoms with Gasteiger partial charge in [0, 0.05) is 13.5 Å². The Labute approximate surface area is 122 Å². The van der Waals surface area contributed by atoms with E-state index in [1.807, 2.05) is 30.3 Å². The summed E-state index contributed by atoms with van der Waals surface area (Å²) in [5.41, 5.74) is 6.35. The number of benzene rings is 1. The maximum Gasteiger partial charge on any atom is 0.305 e. The Morgan fingerprint density at radius 3 is 2.33 bits per heavy atom. The van der Waals surface area contributed by atoms with Crippen molar-refractivity contribution in [2.45, 2.75) is 24.9 Å². The summed E-state index contributed by atoms with van der Waals surface area (Å²) in [7, 11) is 1.46. The van der Waals surface area contributed by atoms with Crippen LogP contribution in [0.15, 0.2) is 30.3 Å². The molecule has 1 aromatic carbocycles. The van der Waals surface area contributed by atoms with Crippen LogP contribution in [0.2, 0.25) is 0 Å². The predicted octanol–water partition coefficient (Wildman–Crippen LogP) is -0.738. The third kappa shape index (κ3) is 5.62. The highest BCUT2D eigenvalue weighted by atomic mass is 16.4. The van der Waals surface area contributed by atoms with Gasteiger partial charge in [-0.15, -0.1) is 0 Å². The molecule has 114 valence electrons. The van der Waals surface area contributed by atoms with Crippen LogP contribution in [0.5, 0.6) is 0 Å². The smallest absolute Gasteiger partial charge is 0.305 e. The number of hydrogen-bond donors (Lipinski definition) is 4. The van der Waals surface area contributed by atoms with Crippen LogP contribution in [-0.2, 0) is 20.8 Å². The van der Waals surface area contributed by atoms with Crippen molar-refractivity contribution >= 4 is 17.8 Å². The highest BCUT2D eigenvalue weighted by Crippen LogP contribution is 2.04. The third-order valence-electron chi connectivity index (χ3n) is 2.89. The molecule has 0 aromatic heterocycles. The maximum atomic E-state index is 11.8. The van der Waals surface area contributed by atoms with Crippen LogP contribution in [0.4, 0.5) is 0 Å². The Hall–Kier alpha value is -2.41. The monoisotopic (exact) mass is 293 g/mol. The van der Waals surface area contributed by atoms with E-state index in [1.165, 1.54) is 7.05 Å². The second-order valence-electron chi connectivity index (χ2n) is 4.57. The van der Waals surface area contributed by atoms with E-state index in [0.29, 0.717) is 6.42 Å². The molecule has 0 heterocycles. The van der Waals surface area contributed by atoms with Gasteiger partial charge in [0.2, 0.25) is 11.8 Å². The molecular formula is C14H19N3O4. The molecule has 2 atom stereocenters. The third-order valence-corrected chi connectivity index (χ3v) is 2.89. The molecular weight excluding hydrogens is 274 g/mol. The number of carbonyl (C=O) groups is 3.